The Hall–Kier alpha value is -1.16. The summed E-state index contributed by atoms with van der Waals surface area (Å²) in [5.74, 6) is 0.485. The molecule has 6 heteroatoms. The lowest BCUT2D eigenvalue weighted by molar-refractivity contribution is 1.31. The first-order valence-electron chi connectivity index (χ1n) is 4.70. The van der Waals surface area contributed by atoms with Gasteiger partial charge < -0.3 is 11.1 Å². The number of nitrogens with two attached hydrogens (primary N) is 1. The van der Waals surface area contributed by atoms with Crippen molar-refractivity contribution in [1.82, 2.24) is 4.98 Å². The molecule has 0 amide bonds. The minimum absolute atomic E-state index is 0.422. The van der Waals surface area contributed by atoms with Gasteiger partial charge in [0.25, 0.3) is 0 Å². The molecule has 0 saturated heterocycles. The Kier molecular flexibility index (Phi) is 3.62. The lowest BCUT2D eigenvalue weighted by atomic mass is 10.3. The number of pyridine rings is 1. The van der Waals surface area contributed by atoms with E-state index in [0.29, 0.717) is 32.3 Å². The van der Waals surface area contributed by atoms with Crippen LogP contribution in [-0.4, -0.2) is 4.98 Å². The molecule has 3 nitrogen and oxygen atoms in total. The van der Waals surface area contributed by atoms with Crippen LogP contribution in [0.1, 0.15) is 0 Å². The van der Waals surface area contributed by atoms with Crippen molar-refractivity contribution >= 4 is 52.0 Å². The van der Waals surface area contributed by atoms with Crippen LogP contribution in [-0.2, 0) is 0 Å². The molecule has 0 aliphatic carbocycles. The first-order valence-corrected chi connectivity index (χ1v) is 5.83. The van der Waals surface area contributed by atoms with Crippen LogP contribution in [0.25, 0.3) is 0 Å². The second kappa shape index (κ2) is 5.00. The summed E-state index contributed by atoms with van der Waals surface area (Å²) in [7, 11) is 0. The van der Waals surface area contributed by atoms with Crippen LogP contribution < -0.4 is 11.1 Å². The molecule has 17 heavy (non-hydrogen) atoms. The number of aromatic nitrogens is 1. The Morgan fingerprint density at radius 1 is 1.18 bits per heavy atom. The van der Waals surface area contributed by atoms with Crippen LogP contribution in [0.2, 0.25) is 15.1 Å². The molecule has 0 bridgehead atoms. The zero-order valence-corrected chi connectivity index (χ0v) is 10.8. The molecule has 0 aliphatic rings. The predicted octanol–water partition coefficient (Wildman–Crippen LogP) is 4.37. The van der Waals surface area contributed by atoms with Gasteiger partial charge in [-0.05, 0) is 18.2 Å². The van der Waals surface area contributed by atoms with E-state index in [2.05, 4.69) is 10.3 Å². The molecule has 0 unspecified atom stereocenters. The van der Waals surface area contributed by atoms with Crippen molar-refractivity contribution < 1.29 is 0 Å². The summed E-state index contributed by atoms with van der Waals surface area (Å²) in [5, 5.41) is 4.36. The van der Waals surface area contributed by atoms with Crippen LogP contribution >= 0.6 is 34.8 Å². The highest BCUT2D eigenvalue weighted by atomic mass is 35.5. The van der Waals surface area contributed by atoms with E-state index in [1.807, 2.05) is 0 Å². The number of rotatable bonds is 2. The number of benzene rings is 1. The third-order valence-corrected chi connectivity index (χ3v) is 3.11. The van der Waals surface area contributed by atoms with Crippen molar-refractivity contribution in [3.05, 3.63) is 45.5 Å². The lowest BCUT2D eigenvalue weighted by Gasteiger charge is -2.10. The molecule has 0 fully saturated rings. The van der Waals surface area contributed by atoms with Gasteiger partial charge in [-0.1, -0.05) is 40.9 Å². The molecule has 2 aromatic rings. The van der Waals surface area contributed by atoms with Crippen LogP contribution in [0.3, 0.4) is 0 Å². The molecule has 0 radical (unpaired) electrons. The average molecular weight is 289 g/mol. The van der Waals surface area contributed by atoms with E-state index in [1.165, 1.54) is 6.20 Å². The van der Waals surface area contributed by atoms with Gasteiger partial charge in [-0.2, -0.15) is 0 Å². The van der Waals surface area contributed by atoms with Crippen LogP contribution in [0.4, 0.5) is 17.2 Å². The molecule has 2 rings (SSSR count). The maximum absolute atomic E-state index is 6.04. The van der Waals surface area contributed by atoms with Crippen LogP contribution in [0, 0.1) is 0 Å². The molecular weight excluding hydrogens is 281 g/mol. The Balaban J connectivity index is 2.35. The van der Waals surface area contributed by atoms with Gasteiger partial charge in [-0.15, -0.1) is 0 Å². The number of halogens is 3. The van der Waals surface area contributed by atoms with Crippen molar-refractivity contribution in [2.75, 3.05) is 11.1 Å². The number of nitrogens with one attached hydrogen (secondary N) is 1. The summed E-state index contributed by atoms with van der Waals surface area (Å²) < 4.78 is 0. The maximum Gasteiger partial charge on any atom is 0.153 e. The first-order chi connectivity index (χ1) is 8.08. The topological polar surface area (TPSA) is 50.9 Å². The normalized spacial score (nSPS) is 10.3. The zero-order chi connectivity index (χ0) is 12.4. The minimum atomic E-state index is 0.422. The maximum atomic E-state index is 6.04. The molecule has 1 aromatic heterocycles. The molecular formula is C11H8Cl3N3. The number of nitrogens with zero attached hydrogens (tertiary/aromatic N) is 1. The highest BCUT2D eigenvalue weighted by molar-refractivity contribution is 6.43. The van der Waals surface area contributed by atoms with Gasteiger partial charge in [0.1, 0.15) is 0 Å². The van der Waals surface area contributed by atoms with Gasteiger partial charge in [0.05, 0.1) is 26.4 Å². The summed E-state index contributed by atoms with van der Waals surface area (Å²) in [6, 6.07) is 6.87. The second-order valence-corrected chi connectivity index (χ2v) is 4.54. The van der Waals surface area contributed by atoms with E-state index < -0.39 is 0 Å². The number of hydrogen-bond donors (Lipinski definition) is 2. The van der Waals surface area contributed by atoms with E-state index in [1.54, 1.807) is 24.3 Å². The van der Waals surface area contributed by atoms with Gasteiger partial charge in [0, 0.05) is 6.20 Å². The van der Waals surface area contributed by atoms with E-state index in [-0.39, 0.29) is 0 Å². The van der Waals surface area contributed by atoms with E-state index in [0.717, 1.165) is 0 Å². The fourth-order valence-electron chi connectivity index (χ4n) is 1.29. The van der Waals surface area contributed by atoms with Crippen molar-refractivity contribution in [2.24, 2.45) is 0 Å². The Morgan fingerprint density at radius 2 is 1.94 bits per heavy atom. The SMILES string of the molecule is Nc1cc(Cl)cnc1Nc1cccc(Cl)c1Cl. The molecule has 0 aliphatic heterocycles. The van der Waals surface area contributed by atoms with Gasteiger partial charge in [-0.3, -0.25) is 0 Å². The monoisotopic (exact) mass is 287 g/mol. The number of nitrogen functional groups attached to an aromatic ring is 1. The molecule has 3 N–H and O–H groups in total. The fourth-order valence-corrected chi connectivity index (χ4v) is 1.80. The van der Waals surface area contributed by atoms with Gasteiger partial charge in [0.2, 0.25) is 0 Å². The summed E-state index contributed by atoms with van der Waals surface area (Å²) >= 11 is 17.7. The van der Waals surface area contributed by atoms with E-state index in [4.69, 9.17) is 40.5 Å². The zero-order valence-electron chi connectivity index (χ0n) is 8.55. The van der Waals surface area contributed by atoms with Gasteiger partial charge in [0.15, 0.2) is 5.82 Å². The summed E-state index contributed by atoms with van der Waals surface area (Å²) in [4.78, 5) is 4.07. The van der Waals surface area contributed by atoms with Gasteiger partial charge >= 0.3 is 0 Å². The molecule has 0 spiro atoms. The summed E-state index contributed by atoms with van der Waals surface area (Å²) in [6.45, 7) is 0. The van der Waals surface area contributed by atoms with Crippen molar-refractivity contribution in [3.63, 3.8) is 0 Å². The second-order valence-electron chi connectivity index (χ2n) is 3.32. The molecule has 1 heterocycles. The average Bonchev–Trinajstić information content (AvgIpc) is 2.28. The molecule has 1 aromatic carbocycles. The first kappa shape index (κ1) is 12.3. The standard InChI is InChI=1S/C11H8Cl3N3/c12-6-4-8(15)11(16-5-6)17-9-3-1-2-7(13)10(9)14/h1-5H,15H2,(H,16,17). The Morgan fingerprint density at radius 3 is 2.65 bits per heavy atom. The predicted molar refractivity (Wildman–Crippen MR) is 73.4 cm³/mol. The van der Waals surface area contributed by atoms with Crippen LogP contribution in [0.15, 0.2) is 30.5 Å². The summed E-state index contributed by atoms with van der Waals surface area (Å²) in [5.41, 5.74) is 6.85. The molecule has 88 valence electrons. The van der Waals surface area contributed by atoms with Crippen LogP contribution in [0.5, 0.6) is 0 Å². The summed E-state index contributed by atoms with van der Waals surface area (Å²) in [6.07, 6.45) is 1.50. The Bertz CT molecular complexity index is 558. The van der Waals surface area contributed by atoms with Crippen molar-refractivity contribution in [3.8, 4) is 0 Å². The van der Waals surface area contributed by atoms with Gasteiger partial charge in [-0.25, -0.2) is 4.98 Å². The third kappa shape index (κ3) is 2.75. The highest BCUT2D eigenvalue weighted by Gasteiger charge is 2.07. The number of anilines is 3. The van der Waals surface area contributed by atoms with E-state index in [9.17, 15) is 0 Å². The smallest absolute Gasteiger partial charge is 0.153 e. The largest absolute Gasteiger partial charge is 0.396 e. The Labute approximate surface area is 114 Å². The van der Waals surface area contributed by atoms with Crippen molar-refractivity contribution in [2.45, 2.75) is 0 Å². The fraction of sp³-hybridized carbons (Fsp3) is 0. The van der Waals surface area contributed by atoms with E-state index >= 15 is 0 Å². The third-order valence-electron chi connectivity index (χ3n) is 2.09. The highest BCUT2D eigenvalue weighted by Crippen LogP contribution is 2.32. The molecule has 0 saturated carbocycles. The lowest BCUT2D eigenvalue weighted by Crippen LogP contribution is -1.99. The minimum Gasteiger partial charge on any atom is -0.396 e. The quantitative estimate of drug-likeness (QED) is 0.863. The van der Waals surface area contributed by atoms with Crippen molar-refractivity contribution in [1.29, 1.82) is 0 Å². The number of hydrogen-bond acceptors (Lipinski definition) is 3. The molecule has 0 atom stereocenters.